The average Bonchev–Trinajstić information content (AvgIpc) is 3.27. The number of rotatable bonds is 8. The number of carbonyl (C=O) groups is 3. The molecule has 0 aromatic heterocycles. The molecule has 1 spiro atoms. The lowest BCUT2D eigenvalue weighted by Crippen LogP contribution is -2.54. The largest absolute Gasteiger partial charge is 0.394 e. The molecule has 0 radical (unpaired) electrons. The first-order valence-electron chi connectivity index (χ1n) is 15.0. The number of aliphatic hydroxyl groups is 1. The molecule has 1 unspecified atom stereocenters. The van der Waals surface area contributed by atoms with Crippen LogP contribution in [-0.4, -0.2) is 79.3 Å². The van der Waals surface area contributed by atoms with Crippen LogP contribution in [0.3, 0.4) is 0 Å². The lowest BCUT2D eigenvalue weighted by atomic mass is 9.74. The highest BCUT2D eigenvalue weighted by Gasteiger charge is 2.74. The summed E-state index contributed by atoms with van der Waals surface area (Å²) in [5, 5.41) is 10.7. The Hall–Kier alpha value is -3.36. The number of benzene rings is 2. The summed E-state index contributed by atoms with van der Waals surface area (Å²) in [7, 11) is 0. The molecule has 4 heterocycles. The van der Waals surface area contributed by atoms with E-state index in [1.54, 1.807) is 16.7 Å². The summed E-state index contributed by atoms with van der Waals surface area (Å²) in [6.45, 7) is 5.80. The van der Waals surface area contributed by atoms with Gasteiger partial charge in [-0.25, -0.2) is 0 Å². The van der Waals surface area contributed by atoms with E-state index in [-0.39, 0.29) is 24.3 Å². The molecule has 7 nitrogen and oxygen atoms in total. The second-order valence-electron chi connectivity index (χ2n) is 12.0. The third-order valence-electron chi connectivity index (χ3n) is 9.35. The van der Waals surface area contributed by atoms with Crippen molar-refractivity contribution in [2.24, 2.45) is 11.8 Å². The van der Waals surface area contributed by atoms with Crippen molar-refractivity contribution in [1.29, 1.82) is 0 Å². The van der Waals surface area contributed by atoms with Crippen molar-refractivity contribution in [2.45, 2.75) is 54.8 Å². The number of amides is 3. The fourth-order valence-corrected chi connectivity index (χ4v) is 9.56. The Morgan fingerprint density at radius 2 is 1.55 bits per heavy atom. The van der Waals surface area contributed by atoms with Crippen LogP contribution in [0.15, 0.2) is 85.0 Å². The molecule has 8 heteroatoms. The summed E-state index contributed by atoms with van der Waals surface area (Å²) in [5.74, 6) is -1.80. The SMILES string of the molecule is CCCCN1CC=C[C@]23S[C@@]4(C)C=CCN(Cc5ccccc5)C(=O)[C@H]4[C@H]2C(=O)N([C@H](CO)c2ccccc2)C3C1=O. The van der Waals surface area contributed by atoms with Gasteiger partial charge in [0.25, 0.3) is 0 Å². The highest BCUT2D eigenvalue weighted by atomic mass is 32.2. The Morgan fingerprint density at radius 3 is 2.24 bits per heavy atom. The Labute approximate surface area is 252 Å². The third kappa shape index (κ3) is 4.60. The number of unbranched alkanes of at least 4 members (excludes halogenated alkanes) is 1. The Morgan fingerprint density at radius 1 is 0.881 bits per heavy atom. The summed E-state index contributed by atoms with van der Waals surface area (Å²) < 4.78 is -1.61. The third-order valence-corrected chi connectivity index (χ3v) is 11.1. The van der Waals surface area contributed by atoms with Gasteiger partial charge in [0, 0.05) is 30.9 Å². The van der Waals surface area contributed by atoms with Crippen molar-refractivity contribution in [2.75, 3.05) is 26.2 Å². The van der Waals surface area contributed by atoms with Gasteiger partial charge in [-0.05, 0) is 24.5 Å². The minimum atomic E-state index is -0.938. The molecule has 6 atom stereocenters. The van der Waals surface area contributed by atoms with Gasteiger partial charge in [0.2, 0.25) is 17.7 Å². The number of nitrogens with zero attached hydrogens (tertiary/aromatic N) is 3. The zero-order chi connectivity index (χ0) is 29.5. The van der Waals surface area contributed by atoms with Crippen molar-refractivity contribution in [3.8, 4) is 0 Å². The molecule has 2 fully saturated rings. The number of likely N-dealkylation sites (tertiary alicyclic amines) is 1. The minimum absolute atomic E-state index is 0.0668. The molecule has 2 saturated heterocycles. The van der Waals surface area contributed by atoms with Crippen molar-refractivity contribution < 1.29 is 19.5 Å². The molecular weight excluding hydrogens is 546 g/mol. The molecule has 3 amide bonds. The molecule has 220 valence electrons. The van der Waals surface area contributed by atoms with Gasteiger partial charge in [0.05, 0.1) is 29.2 Å². The number of hydrogen-bond donors (Lipinski definition) is 1. The smallest absolute Gasteiger partial charge is 0.247 e. The van der Waals surface area contributed by atoms with Crippen molar-refractivity contribution >= 4 is 29.5 Å². The molecule has 2 aromatic carbocycles. The quantitative estimate of drug-likeness (QED) is 0.470. The van der Waals surface area contributed by atoms with Gasteiger partial charge in [0.1, 0.15) is 6.04 Å². The predicted octanol–water partition coefficient (Wildman–Crippen LogP) is 4.20. The fourth-order valence-electron chi connectivity index (χ4n) is 7.42. The summed E-state index contributed by atoms with van der Waals surface area (Å²) in [5.41, 5.74) is 1.80. The zero-order valence-electron chi connectivity index (χ0n) is 24.3. The van der Waals surface area contributed by atoms with Gasteiger partial charge in [0.15, 0.2) is 0 Å². The average molecular weight is 586 g/mol. The Bertz CT molecular complexity index is 1400. The van der Waals surface area contributed by atoms with Crippen LogP contribution < -0.4 is 0 Å². The van der Waals surface area contributed by atoms with E-state index >= 15 is 0 Å². The number of carbonyl (C=O) groups excluding carboxylic acids is 3. The van der Waals surface area contributed by atoms with Gasteiger partial charge >= 0.3 is 0 Å². The molecule has 2 aromatic rings. The maximum Gasteiger partial charge on any atom is 0.247 e. The predicted molar refractivity (Wildman–Crippen MR) is 164 cm³/mol. The van der Waals surface area contributed by atoms with Crippen LogP contribution >= 0.6 is 11.8 Å². The van der Waals surface area contributed by atoms with Gasteiger partial charge in [-0.1, -0.05) is 98.3 Å². The second kappa shape index (κ2) is 11.4. The van der Waals surface area contributed by atoms with E-state index in [0.29, 0.717) is 26.2 Å². The molecule has 6 rings (SSSR count). The van der Waals surface area contributed by atoms with Crippen molar-refractivity contribution in [3.63, 3.8) is 0 Å². The van der Waals surface area contributed by atoms with Gasteiger partial charge < -0.3 is 19.8 Å². The monoisotopic (exact) mass is 585 g/mol. The van der Waals surface area contributed by atoms with E-state index in [9.17, 15) is 19.5 Å². The topological polar surface area (TPSA) is 81.2 Å². The summed E-state index contributed by atoms with van der Waals surface area (Å²) in [4.78, 5) is 49.2. The van der Waals surface area contributed by atoms with Crippen LogP contribution in [-0.2, 0) is 20.9 Å². The van der Waals surface area contributed by atoms with Crippen LogP contribution in [0.1, 0.15) is 43.9 Å². The van der Waals surface area contributed by atoms with E-state index in [1.807, 2.05) is 89.5 Å². The zero-order valence-corrected chi connectivity index (χ0v) is 25.1. The van der Waals surface area contributed by atoms with Gasteiger partial charge in [-0.2, -0.15) is 0 Å². The number of thioether (sulfide) groups is 1. The Kier molecular flexibility index (Phi) is 7.79. The number of hydrogen-bond acceptors (Lipinski definition) is 5. The lowest BCUT2D eigenvalue weighted by molar-refractivity contribution is -0.147. The molecule has 0 saturated carbocycles. The molecule has 0 bridgehead atoms. The maximum absolute atomic E-state index is 14.8. The maximum atomic E-state index is 14.8. The Balaban J connectivity index is 1.46. The summed E-state index contributed by atoms with van der Waals surface area (Å²) in [6.07, 6.45) is 10.0. The first-order chi connectivity index (χ1) is 20.3. The molecule has 4 aliphatic rings. The van der Waals surface area contributed by atoms with E-state index in [4.69, 9.17) is 0 Å². The van der Waals surface area contributed by atoms with E-state index < -0.39 is 33.4 Å². The van der Waals surface area contributed by atoms with Crippen LogP contribution in [0, 0.1) is 11.8 Å². The molecule has 4 aliphatic heterocycles. The molecular formula is C34H39N3O4S. The van der Waals surface area contributed by atoms with E-state index in [1.165, 1.54) is 0 Å². The van der Waals surface area contributed by atoms with Gasteiger partial charge in [-0.15, -0.1) is 11.8 Å². The molecule has 42 heavy (non-hydrogen) atoms. The lowest BCUT2D eigenvalue weighted by Gasteiger charge is -2.40. The molecule has 1 N–H and O–H groups in total. The fraction of sp³-hybridized carbons (Fsp3) is 0.441. The first kappa shape index (κ1) is 28.7. The minimum Gasteiger partial charge on any atom is -0.394 e. The van der Waals surface area contributed by atoms with Crippen molar-refractivity contribution in [3.05, 3.63) is 96.1 Å². The van der Waals surface area contributed by atoms with E-state index in [0.717, 1.165) is 24.0 Å². The van der Waals surface area contributed by atoms with E-state index in [2.05, 4.69) is 19.1 Å². The van der Waals surface area contributed by atoms with Crippen LogP contribution in [0.4, 0.5) is 0 Å². The highest BCUT2D eigenvalue weighted by molar-refractivity contribution is 8.02. The van der Waals surface area contributed by atoms with Crippen LogP contribution in [0.2, 0.25) is 0 Å². The van der Waals surface area contributed by atoms with Crippen LogP contribution in [0.5, 0.6) is 0 Å². The normalized spacial score (nSPS) is 31.1. The first-order valence-corrected chi connectivity index (χ1v) is 15.8. The van der Waals surface area contributed by atoms with Crippen molar-refractivity contribution in [1.82, 2.24) is 14.7 Å². The van der Waals surface area contributed by atoms with Gasteiger partial charge in [-0.3, -0.25) is 14.4 Å². The summed E-state index contributed by atoms with van der Waals surface area (Å²) >= 11 is 1.59. The number of fused-ring (bicyclic) bond motifs is 2. The summed E-state index contributed by atoms with van der Waals surface area (Å²) in [6, 6.07) is 17.8. The molecule has 0 aliphatic carbocycles. The number of aliphatic hydroxyl groups excluding tert-OH is 1. The highest BCUT2D eigenvalue weighted by Crippen LogP contribution is 2.66. The van der Waals surface area contributed by atoms with Crippen LogP contribution in [0.25, 0.3) is 0 Å². The second-order valence-corrected chi connectivity index (χ2v) is 13.8. The standard InChI is InChI=1S/C34H39N3O4S/c1-3-4-19-35-20-12-18-34-28(31(40)37(29(34)32(35)41)26(23-38)25-15-9-6-10-16-25)27-30(39)36(21-11-17-33(27,2)42-34)22-24-13-7-5-8-14-24/h5-18,26-29,38H,3-4,19-23H2,1-2H3/t26-,27-,28+,29?,33+,34+/m1/s1.